The molecule has 0 unspecified atom stereocenters. The number of benzene rings is 2. The standard InChI is InChI=1S/C21H17ClN2O4/c1-12-7-16(11-23-19-6-4-3-5-18(19)22)13(2)24(12)17-9-14(20(25)26)8-15(10-17)21(27)28/h3-11H,1-2H3,(H,25,26)(H,27,28). The largest absolute Gasteiger partial charge is 0.478 e. The van der Waals surface area contributed by atoms with Crippen molar-refractivity contribution in [3.05, 3.63) is 81.6 Å². The molecular weight excluding hydrogens is 380 g/mol. The van der Waals surface area contributed by atoms with Crippen molar-refractivity contribution in [1.29, 1.82) is 0 Å². The molecule has 6 nitrogen and oxygen atoms in total. The predicted octanol–water partition coefficient (Wildman–Crippen LogP) is 4.89. The fraction of sp³-hybridized carbons (Fsp3) is 0.0952. The summed E-state index contributed by atoms with van der Waals surface area (Å²) in [5.41, 5.74) is 3.35. The Balaban J connectivity index is 2.09. The number of rotatable bonds is 5. The van der Waals surface area contributed by atoms with Gasteiger partial charge < -0.3 is 14.8 Å². The van der Waals surface area contributed by atoms with Crippen LogP contribution in [0.4, 0.5) is 5.69 Å². The Kier molecular flexibility index (Phi) is 5.33. The lowest BCUT2D eigenvalue weighted by atomic mass is 10.1. The van der Waals surface area contributed by atoms with Crippen LogP contribution in [0, 0.1) is 13.8 Å². The zero-order valence-corrected chi connectivity index (χ0v) is 15.9. The number of hydrogen-bond donors (Lipinski definition) is 2. The molecular formula is C21H17ClN2O4. The van der Waals surface area contributed by atoms with E-state index in [1.54, 1.807) is 22.9 Å². The molecule has 0 aliphatic carbocycles. The summed E-state index contributed by atoms with van der Waals surface area (Å²) >= 11 is 6.13. The van der Waals surface area contributed by atoms with Gasteiger partial charge in [-0.25, -0.2) is 9.59 Å². The molecule has 0 bridgehead atoms. The molecule has 0 amide bonds. The van der Waals surface area contributed by atoms with Gasteiger partial charge in [-0.05, 0) is 50.2 Å². The van der Waals surface area contributed by atoms with Gasteiger partial charge in [-0.1, -0.05) is 23.7 Å². The number of halogens is 1. The summed E-state index contributed by atoms with van der Waals surface area (Å²) in [5.74, 6) is -2.38. The minimum absolute atomic E-state index is 0.0892. The molecule has 0 aliphatic rings. The number of aryl methyl sites for hydroxylation is 1. The Bertz CT molecular complexity index is 1080. The first-order valence-electron chi connectivity index (χ1n) is 8.37. The first kappa shape index (κ1) is 19.4. The Morgan fingerprint density at radius 1 is 1.00 bits per heavy atom. The quantitative estimate of drug-likeness (QED) is 0.600. The van der Waals surface area contributed by atoms with Crippen molar-refractivity contribution in [3.63, 3.8) is 0 Å². The van der Waals surface area contributed by atoms with Gasteiger partial charge >= 0.3 is 11.9 Å². The van der Waals surface area contributed by atoms with Crippen molar-refractivity contribution in [2.75, 3.05) is 0 Å². The topological polar surface area (TPSA) is 91.9 Å². The van der Waals surface area contributed by atoms with Crippen LogP contribution in [-0.2, 0) is 0 Å². The molecule has 1 heterocycles. The molecule has 0 radical (unpaired) electrons. The lowest BCUT2D eigenvalue weighted by Crippen LogP contribution is -2.07. The lowest BCUT2D eigenvalue weighted by Gasteiger charge is -2.12. The van der Waals surface area contributed by atoms with Crippen molar-refractivity contribution >= 4 is 35.4 Å². The van der Waals surface area contributed by atoms with Gasteiger partial charge in [0.15, 0.2) is 0 Å². The highest BCUT2D eigenvalue weighted by Crippen LogP contribution is 2.26. The van der Waals surface area contributed by atoms with Crippen LogP contribution in [0.5, 0.6) is 0 Å². The van der Waals surface area contributed by atoms with Crippen molar-refractivity contribution < 1.29 is 19.8 Å². The van der Waals surface area contributed by atoms with Crippen LogP contribution < -0.4 is 0 Å². The number of aliphatic imine (C=N–C) groups is 1. The Labute approximate surface area is 166 Å². The number of hydrogen-bond acceptors (Lipinski definition) is 3. The third-order valence-electron chi connectivity index (χ3n) is 4.34. The maximum atomic E-state index is 11.4. The number of carboxylic acid groups (broad SMARTS) is 2. The van der Waals surface area contributed by atoms with E-state index in [1.165, 1.54) is 12.1 Å². The zero-order chi connectivity index (χ0) is 20.4. The first-order chi connectivity index (χ1) is 13.3. The van der Waals surface area contributed by atoms with Crippen LogP contribution in [0.2, 0.25) is 5.02 Å². The second-order valence-corrected chi connectivity index (χ2v) is 6.66. The van der Waals surface area contributed by atoms with E-state index < -0.39 is 11.9 Å². The smallest absolute Gasteiger partial charge is 0.335 e. The monoisotopic (exact) mass is 396 g/mol. The van der Waals surface area contributed by atoms with Crippen LogP contribution in [0.3, 0.4) is 0 Å². The molecule has 142 valence electrons. The van der Waals surface area contributed by atoms with Gasteiger partial charge in [-0.3, -0.25) is 4.99 Å². The van der Waals surface area contributed by atoms with E-state index in [0.717, 1.165) is 23.0 Å². The third kappa shape index (κ3) is 3.82. The van der Waals surface area contributed by atoms with E-state index in [9.17, 15) is 19.8 Å². The molecule has 2 aromatic carbocycles. The Morgan fingerprint density at radius 3 is 2.18 bits per heavy atom. The van der Waals surface area contributed by atoms with Gasteiger partial charge in [0.25, 0.3) is 0 Å². The average Bonchev–Trinajstić information content (AvgIpc) is 2.94. The SMILES string of the molecule is Cc1cc(C=Nc2ccccc2Cl)c(C)n1-c1cc(C(=O)O)cc(C(=O)O)c1. The Hall–Kier alpha value is -3.38. The number of aromatic nitrogens is 1. The summed E-state index contributed by atoms with van der Waals surface area (Å²) in [5, 5.41) is 19.1. The second-order valence-electron chi connectivity index (χ2n) is 6.25. The van der Waals surface area contributed by atoms with Crippen molar-refractivity contribution in [3.8, 4) is 5.69 Å². The highest BCUT2D eigenvalue weighted by atomic mass is 35.5. The summed E-state index contributed by atoms with van der Waals surface area (Å²) in [6, 6.07) is 13.1. The van der Waals surface area contributed by atoms with Crippen molar-refractivity contribution in [2.45, 2.75) is 13.8 Å². The van der Waals surface area contributed by atoms with Crippen LogP contribution >= 0.6 is 11.6 Å². The first-order valence-corrected chi connectivity index (χ1v) is 8.75. The molecule has 3 aromatic rings. The van der Waals surface area contributed by atoms with Crippen LogP contribution in [0.25, 0.3) is 5.69 Å². The van der Waals surface area contributed by atoms with Gasteiger partial charge in [0.05, 0.1) is 21.8 Å². The molecule has 0 atom stereocenters. The number of para-hydroxylation sites is 1. The second kappa shape index (κ2) is 7.70. The van der Waals surface area contributed by atoms with Gasteiger partial charge in [-0.2, -0.15) is 0 Å². The summed E-state index contributed by atoms with van der Waals surface area (Å²) in [4.78, 5) is 27.2. The normalized spacial score (nSPS) is 11.1. The highest BCUT2D eigenvalue weighted by molar-refractivity contribution is 6.33. The predicted molar refractivity (Wildman–Crippen MR) is 108 cm³/mol. The fourth-order valence-electron chi connectivity index (χ4n) is 3.00. The zero-order valence-electron chi connectivity index (χ0n) is 15.2. The molecule has 0 fully saturated rings. The van der Waals surface area contributed by atoms with Crippen LogP contribution in [0.15, 0.2) is 53.5 Å². The molecule has 3 rings (SSSR count). The summed E-state index contributed by atoms with van der Waals surface area (Å²) in [7, 11) is 0. The molecule has 28 heavy (non-hydrogen) atoms. The van der Waals surface area contributed by atoms with Gasteiger partial charge in [-0.15, -0.1) is 0 Å². The fourth-order valence-corrected chi connectivity index (χ4v) is 3.18. The average molecular weight is 397 g/mol. The minimum atomic E-state index is -1.19. The van der Waals surface area contributed by atoms with Gasteiger partial charge in [0.1, 0.15) is 0 Å². The van der Waals surface area contributed by atoms with E-state index in [0.29, 0.717) is 16.4 Å². The third-order valence-corrected chi connectivity index (χ3v) is 4.65. The molecule has 0 saturated heterocycles. The van der Waals surface area contributed by atoms with Crippen LogP contribution in [-0.4, -0.2) is 32.9 Å². The van der Waals surface area contributed by atoms with Crippen LogP contribution in [0.1, 0.15) is 37.7 Å². The number of nitrogens with zero attached hydrogens (tertiary/aromatic N) is 2. The van der Waals surface area contributed by atoms with Gasteiger partial charge in [0, 0.05) is 28.9 Å². The molecule has 1 aromatic heterocycles. The molecule has 0 aliphatic heterocycles. The summed E-state index contributed by atoms with van der Waals surface area (Å²) in [6.07, 6.45) is 1.68. The van der Waals surface area contributed by atoms with E-state index >= 15 is 0 Å². The van der Waals surface area contributed by atoms with E-state index in [1.807, 2.05) is 32.0 Å². The van der Waals surface area contributed by atoms with E-state index in [4.69, 9.17) is 11.6 Å². The molecule has 0 saturated carbocycles. The van der Waals surface area contributed by atoms with E-state index in [-0.39, 0.29) is 11.1 Å². The number of carbonyl (C=O) groups is 2. The van der Waals surface area contributed by atoms with E-state index in [2.05, 4.69) is 4.99 Å². The Morgan fingerprint density at radius 2 is 1.61 bits per heavy atom. The summed E-state index contributed by atoms with van der Waals surface area (Å²) in [6.45, 7) is 3.71. The maximum Gasteiger partial charge on any atom is 0.335 e. The number of aromatic carboxylic acids is 2. The highest BCUT2D eigenvalue weighted by Gasteiger charge is 2.16. The van der Waals surface area contributed by atoms with Crippen molar-refractivity contribution in [1.82, 2.24) is 4.57 Å². The number of carboxylic acids is 2. The maximum absolute atomic E-state index is 11.4. The lowest BCUT2D eigenvalue weighted by molar-refractivity contribution is 0.0696. The summed E-state index contributed by atoms with van der Waals surface area (Å²) < 4.78 is 1.80. The van der Waals surface area contributed by atoms with Gasteiger partial charge in [0.2, 0.25) is 0 Å². The van der Waals surface area contributed by atoms with Crippen molar-refractivity contribution in [2.24, 2.45) is 4.99 Å². The minimum Gasteiger partial charge on any atom is -0.478 e. The molecule has 0 spiro atoms. The molecule has 7 heteroatoms. The molecule has 2 N–H and O–H groups in total.